The molecule has 3 unspecified atom stereocenters. The van der Waals surface area contributed by atoms with Crippen molar-refractivity contribution in [2.45, 2.75) is 43.6 Å². The van der Waals surface area contributed by atoms with Crippen molar-refractivity contribution in [2.75, 3.05) is 25.4 Å². The molecule has 0 aromatic rings. The molecule has 6 nitrogen and oxygen atoms in total. The molecule has 21 heavy (non-hydrogen) atoms. The predicted molar refractivity (Wildman–Crippen MR) is 81.3 cm³/mol. The lowest BCUT2D eigenvalue weighted by Gasteiger charge is -2.45. The van der Waals surface area contributed by atoms with Crippen molar-refractivity contribution < 1.29 is 14.7 Å². The van der Waals surface area contributed by atoms with Crippen molar-refractivity contribution in [2.24, 2.45) is 5.92 Å². The van der Waals surface area contributed by atoms with Gasteiger partial charge in [0.25, 0.3) is 0 Å². The lowest BCUT2D eigenvalue weighted by molar-refractivity contribution is -0.141. The highest BCUT2D eigenvalue weighted by Crippen LogP contribution is 2.32. The molecule has 0 radical (unpaired) electrons. The molecule has 4 fully saturated rings. The molecule has 4 saturated heterocycles. The number of thioether (sulfide) groups is 1. The number of hydrogen-bond acceptors (Lipinski definition) is 4. The van der Waals surface area contributed by atoms with Gasteiger partial charge >= 0.3 is 12.0 Å². The summed E-state index contributed by atoms with van der Waals surface area (Å²) in [7, 11) is 0. The van der Waals surface area contributed by atoms with E-state index < -0.39 is 12.0 Å². The molecule has 7 heteroatoms. The fourth-order valence-corrected chi connectivity index (χ4v) is 5.05. The lowest BCUT2D eigenvalue weighted by Crippen LogP contribution is -2.60. The molecule has 4 aliphatic rings. The standard InChI is InChI=1S/C14H23N3O3S/c1-2-12-17(11(8-21-12)13(18)19)14(20)15-10-7-16-5-3-9(10)4-6-16/h9-12H,2-8H2,1H3,(H,15,20)(H,18,19). The van der Waals surface area contributed by atoms with Crippen LogP contribution in [0.1, 0.15) is 26.2 Å². The van der Waals surface area contributed by atoms with Crippen LogP contribution in [0.15, 0.2) is 0 Å². The highest BCUT2D eigenvalue weighted by Gasteiger charge is 2.43. The zero-order valence-corrected chi connectivity index (χ0v) is 13.1. The molecule has 0 aliphatic carbocycles. The third-order valence-corrected chi connectivity index (χ3v) is 6.38. The normalized spacial score (nSPS) is 38.5. The number of carbonyl (C=O) groups excluding carboxylic acids is 1. The average molecular weight is 313 g/mol. The molecular weight excluding hydrogens is 290 g/mol. The van der Waals surface area contributed by atoms with E-state index in [0.717, 1.165) is 38.9 Å². The summed E-state index contributed by atoms with van der Waals surface area (Å²) in [5.41, 5.74) is 0. The van der Waals surface area contributed by atoms with E-state index in [9.17, 15) is 14.7 Å². The third kappa shape index (κ3) is 2.85. The van der Waals surface area contributed by atoms with Gasteiger partial charge in [0.15, 0.2) is 0 Å². The fourth-order valence-electron chi connectivity index (χ4n) is 3.70. The summed E-state index contributed by atoms with van der Waals surface area (Å²) in [5.74, 6) is 0.140. The van der Waals surface area contributed by atoms with E-state index >= 15 is 0 Å². The van der Waals surface area contributed by atoms with E-state index in [1.807, 2.05) is 6.92 Å². The van der Waals surface area contributed by atoms with Crippen LogP contribution in [0, 0.1) is 5.92 Å². The molecule has 2 bridgehead atoms. The first kappa shape index (κ1) is 15.0. The monoisotopic (exact) mass is 313 g/mol. The Balaban J connectivity index is 1.67. The van der Waals surface area contributed by atoms with E-state index in [1.165, 1.54) is 0 Å². The Labute approximate surface area is 129 Å². The molecule has 118 valence electrons. The molecule has 4 rings (SSSR count). The molecule has 0 spiro atoms. The molecule has 4 aliphatic heterocycles. The molecule has 3 atom stereocenters. The van der Waals surface area contributed by atoms with Crippen molar-refractivity contribution in [3.05, 3.63) is 0 Å². The highest BCUT2D eigenvalue weighted by atomic mass is 32.2. The second-order valence-corrected chi connectivity index (χ2v) is 7.36. The van der Waals surface area contributed by atoms with Crippen molar-refractivity contribution in [3.8, 4) is 0 Å². The first-order chi connectivity index (χ1) is 10.1. The third-order valence-electron chi connectivity index (χ3n) is 4.93. The van der Waals surface area contributed by atoms with Gasteiger partial charge < -0.3 is 15.3 Å². The summed E-state index contributed by atoms with van der Waals surface area (Å²) in [4.78, 5) is 27.9. The summed E-state index contributed by atoms with van der Waals surface area (Å²) >= 11 is 1.57. The molecular formula is C14H23N3O3S. The summed E-state index contributed by atoms with van der Waals surface area (Å²) in [6.07, 6.45) is 3.06. The lowest BCUT2D eigenvalue weighted by atomic mass is 9.84. The van der Waals surface area contributed by atoms with Crippen molar-refractivity contribution in [1.82, 2.24) is 15.1 Å². The van der Waals surface area contributed by atoms with Crippen LogP contribution in [0.4, 0.5) is 4.79 Å². The second-order valence-electron chi connectivity index (χ2n) is 6.15. The fraction of sp³-hybridized carbons (Fsp3) is 0.857. The topological polar surface area (TPSA) is 72.9 Å². The number of piperidine rings is 3. The van der Waals surface area contributed by atoms with Crippen LogP contribution in [0.25, 0.3) is 0 Å². The van der Waals surface area contributed by atoms with Gasteiger partial charge in [-0.25, -0.2) is 9.59 Å². The number of amides is 2. The van der Waals surface area contributed by atoms with Crippen LogP contribution in [0.3, 0.4) is 0 Å². The molecule has 4 heterocycles. The molecule has 0 saturated carbocycles. The minimum absolute atomic E-state index is 0.0211. The first-order valence-corrected chi connectivity index (χ1v) is 8.80. The van der Waals surface area contributed by atoms with Crippen molar-refractivity contribution in [1.29, 1.82) is 0 Å². The smallest absolute Gasteiger partial charge is 0.327 e. The number of carboxylic acids is 1. The minimum atomic E-state index is -0.900. The van der Waals surface area contributed by atoms with Crippen LogP contribution < -0.4 is 5.32 Å². The number of carboxylic acid groups (broad SMARTS) is 1. The maximum Gasteiger partial charge on any atom is 0.327 e. The summed E-state index contributed by atoms with van der Waals surface area (Å²) < 4.78 is 0. The van der Waals surface area contributed by atoms with E-state index in [1.54, 1.807) is 16.7 Å². The van der Waals surface area contributed by atoms with Gasteiger partial charge in [0.05, 0.1) is 5.37 Å². The number of fused-ring (bicyclic) bond motifs is 3. The van der Waals surface area contributed by atoms with Crippen molar-refractivity contribution in [3.63, 3.8) is 0 Å². The van der Waals surface area contributed by atoms with E-state index in [-0.39, 0.29) is 17.4 Å². The minimum Gasteiger partial charge on any atom is -0.480 e. The maximum absolute atomic E-state index is 12.6. The molecule has 0 aromatic heterocycles. The maximum atomic E-state index is 12.6. The average Bonchev–Trinajstić information content (AvgIpc) is 2.92. The molecule has 2 N–H and O–H groups in total. The highest BCUT2D eigenvalue weighted by molar-refractivity contribution is 8.00. The van der Waals surface area contributed by atoms with Crippen LogP contribution in [-0.4, -0.2) is 69.8 Å². The van der Waals surface area contributed by atoms with Crippen LogP contribution in [0.2, 0.25) is 0 Å². The largest absolute Gasteiger partial charge is 0.480 e. The van der Waals surface area contributed by atoms with E-state index in [4.69, 9.17) is 0 Å². The van der Waals surface area contributed by atoms with Crippen LogP contribution in [0.5, 0.6) is 0 Å². The van der Waals surface area contributed by atoms with Gasteiger partial charge in [-0.1, -0.05) is 6.92 Å². The Hall–Kier alpha value is -0.950. The van der Waals surface area contributed by atoms with E-state index in [0.29, 0.717) is 11.7 Å². The Kier molecular flexibility index (Phi) is 4.31. The first-order valence-electron chi connectivity index (χ1n) is 7.75. The summed E-state index contributed by atoms with van der Waals surface area (Å²) in [6, 6.07) is -0.711. The Morgan fingerprint density at radius 2 is 2.05 bits per heavy atom. The van der Waals surface area contributed by atoms with Gasteiger partial charge in [0, 0.05) is 18.3 Å². The van der Waals surface area contributed by atoms with Gasteiger partial charge in [-0.15, -0.1) is 11.8 Å². The number of nitrogens with one attached hydrogen (secondary N) is 1. The predicted octanol–water partition coefficient (Wildman–Crippen LogP) is 1.03. The number of hydrogen-bond donors (Lipinski definition) is 2. The zero-order chi connectivity index (χ0) is 15.0. The van der Waals surface area contributed by atoms with Gasteiger partial charge in [-0.3, -0.25) is 4.90 Å². The van der Waals surface area contributed by atoms with Gasteiger partial charge in [-0.05, 0) is 38.3 Å². The Bertz CT molecular complexity index is 426. The van der Waals surface area contributed by atoms with Gasteiger partial charge in [0.1, 0.15) is 6.04 Å². The van der Waals surface area contributed by atoms with Crippen LogP contribution >= 0.6 is 11.8 Å². The molecule has 0 aromatic carbocycles. The van der Waals surface area contributed by atoms with Gasteiger partial charge in [-0.2, -0.15) is 0 Å². The molecule has 2 amide bonds. The van der Waals surface area contributed by atoms with Crippen molar-refractivity contribution >= 4 is 23.8 Å². The number of rotatable bonds is 3. The SMILES string of the molecule is CCC1SCC(C(=O)O)N1C(=O)NC1CN2CCC1CC2. The second kappa shape index (κ2) is 6.04. The van der Waals surface area contributed by atoms with Gasteiger partial charge in [0.2, 0.25) is 0 Å². The Morgan fingerprint density at radius 1 is 1.33 bits per heavy atom. The number of aliphatic carboxylic acids is 1. The van der Waals surface area contributed by atoms with E-state index in [2.05, 4.69) is 10.2 Å². The Morgan fingerprint density at radius 3 is 2.57 bits per heavy atom. The van der Waals surface area contributed by atoms with Crippen LogP contribution in [-0.2, 0) is 4.79 Å². The summed E-state index contributed by atoms with van der Waals surface area (Å²) in [5, 5.41) is 12.4. The number of nitrogens with zero attached hydrogens (tertiary/aromatic N) is 2. The number of carbonyl (C=O) groups is 2. The number of urea groups is 1. The summed E-state index contributed by atoms with van der Waals surface area (Å²) in [6.45, 7) is 5.17. The quantitative estimate of drug-likeness (QED) is 0.814. The zero-order valence-electron chi connectivity index (χ0n) is 12.3.